The summed E-state index contributed by atoms with van der Waals surface area (Å²) in [5, 5.41) is 7.80. The number of aryl methyl sites for hydroxylation is 1. The van der Waals surface area contributed by atoms with Gasteiger partial charge in [-0.2, -0.15) is 5.10 Å². The van der Waals surface area contributed by atoms with Crippen LogP contribution in [0.15, 0.2) is 65.7 Å². The van der Waals surface area contributed by atoms with E-state index in [0.717, 1.165) is 16.9 Å². The maximum absolute atomic E-state index is 12.9. The van der Waals surface area contributed by atoms with E-state index in [9.17, 15) is 9.59 Å². The third-order valence-corrected chi connectivity index (χ3v) is 5.24. The van der Waals surface area contributed by atoms with Crippen molar-refractivity contribution in [2.24, 2.45) is 0 Å². The van der Waals surface area contributed by atoms with Crippen molar-refractivity contribution in [2.75, 3.05) is 11.9 Å². The zero-order valence-electron chi connectivity index (χ0n) is 17.1. The number of nitrogens with one attached hydrogen (secondary N) is 1. The average molecular weight is 437 g/mol. The number of ether oxygens (including phenoxy) is 1. The molecule has 0 aliphatic carbocycles. The van der Waals surface area contributed by atoms with Gasteiger partial charge in [-0.15, -0.1) is 0 Å². The van der Waals surface area contributed by atoms with Crippen LogP contribution in [-0.4, -0.2) is 26.7 Å². The lowest BCUT2D eigenvalue weighted by molar-refractivity contribution is -0.116. The van der Waals surface area contributed by atoms with Gasteiger partial charge >= 0.3 is 0 Å². The molecule has 0 bridgehead atoms. The van der Waals surface area contributed by atoms with Crippen molar-refractivity contribution in [2.45, 2.75) is 20.4 Å². The van der Waals surface area contributed by atoms with Crippen LogP contribution in [0.3, 0.4) is 0 Å². The first kappa shape index (κ1) is 20.7. The highest BCUT2D eigenvalue weighted by molar-refractivity contribution is 6.31. The van der Waals surface area contributed by atoms with Crippen LogP contribution >= 0.6 is 11.6 Å². The van der Waals surface area contributed by atoms with Crippen LogP contribution in [0.2, 0.25) is 5.02 Å². The Balaban J connectivity index is 1.55. The van der Waals surface area contributed by atoms with Crippen molar-refractivity contribution in [1.82, 2.24) is 14.2 Å². The molecule has 158 valence electrons. The maximum atomic E-state index is 12.9. The number of amides is 1. The summed E-state index contributed by atoms with van der Waals surface area (Å²) in [6.07, 6.45) is 3.21. The Bertz CT molecular complexity index is 1310. The zero-order chi connectivity index (χ0) is 22.0. The van der Waals surface area contributed by atoms with Gasteiger partial charge in [-0.3, -0.25) is 9.59 Å². The second kappa shape index (κ2) is 8.65. The van der Waals surface area contributed by atoms with E-state index in [4.69, 9.17) is 16.3 Å². The van der Waals surface area contributed by atoms with E-state index in [2.05, 4.69) is 10.4 Å². The van der Waals surface area contributed by atoms with Crippen LogP contribution in [0.25, 0.3) is 16.8 Å². The van der Waals surface area contributed by atoms with Gasteiger partial charge in [-0.1, -0.05) is 17.7 Å². The largest absolute Gasteiger partial charge is 0.494 e. The van der Waals surface area contributed by atoms with E-state index in [1.54, 1.807) is 30.6 Å². The summed E-state index contributed by atoms with van der Waals surface area (Å²) in [5.74, 6) is 0.455. The van der Waals surface area contributed by atoms with Crippen molar-refractivity contribution < 1.29 is 9.53 Å². The first-order valence-electron chi connectivity index (χ1n) is 9.82. The Labute approximate surface area is 183 Å². The van der Waals surface area contributed by atoms with Gasteiger partial charge in [0.25, 0.3) is 5.56 Å². The van der Waals surface area contributed by atoms with Gasteiger partial charge < -0.3 is 14.6 Å². The van der Waals surface area contributed by atoms with Crippen molar-refractivity contribution in [3.63, 3.8) is 0 Å². The first-order chi connectivity index (χ1) is 14.9. The topological polar surface area (TPSA) is 77.6 Å². The molecule has 4 rings (SSSR count). The molecule has 0 saturated heterocycles. The van der Waals surface area contributed by atoms with E-state index >= 15 is 0 Å². The van der Waals surface area contributed by atoms with Crippen molar-refractivity contribution in [3.8, 4) is 17.0 Å². The van der Waals surface area contributed by atoms with E-state index in [1.807, 2.05) is 44.2 Å². The van der Waals surface area contributed by atoms with Gasteiger partial charge in [-0.25, -0.2) is 4.52 Å². The van der Waals surface area contributed by atoms with Gasteiger partial charge in [-0.05, 0) is 61.9 Å². The van der Waals surface area contributed by atoms with E-state index in [0.29, 0.717) is 28.5 Å². The standard InChI is InChI=1S/C23H21ClN4O3/c1-3-31-18-8-5-16(6-9-18)20-13-21-23(30)27(10-11-28(21)26-20)14-22(29)25-17-7-4-15(2)19(24)12-17/h4-13H,3,14H2,1-2H3,(H,25,29). The zero-order valence-corrected chi connectivity index (χ0v) is 17.9. The van der Waals surface area contributed by atoms with Crippen LogP contribution in [0.4, 0.5) is 5.69 Å². The number of rotatable bonds is 6. The monoisotopic (exact) mass is 436 g/mol. The first-order valence-corrected chi connectivity index (χ1v) is 10.2. The Morgan fingerprint density at radius 1 is 1.13 bits per heavy atom. The number of carbonyl (C=O) groups excluding carboxylic acids is 1. The minimum atomic E-state index is -0.322. The van der Waals surface area contributed by atoms with E-state index < -0.39 is 0 Å². The molecular weight excluding hydrogens is 416 g/mol. The summed E-state index contributed by atoms with van der Waals surface area (Å²) in [6.45, 7) is 4.29. The number of carbonyl (C=O) groups is 1. The summed E-state index contributed by atoms with van der Waals surface area (Å²) >= 11 is 6.10. The molecule has 7 nitrogen and oxygen atoms in total. The highest BCUT2D eigenvalue weighted by atomic mass is 35.5. The maximum Gasteiger partial charge on any atom is 0.277 e. The summed E-state index contributed by atoms with van der Waals surface area (Å²) in [4.78, 5) is 25.3. The lowest BCUT2D eigenvalue weighted by atomic mass is 10.1. The van der Waals surface area contributed by atoms with Crippen molar-refractivity contribution >= 4 is 28.7 Å². The van der Waals surface area contributed by atoms with Crippen LogP contribution in [0.1, 0.15) is 12.5 Å². The van der Waals surface area contributed by atoms with Crippen LogP contribution in [0.5, 0.6) is 5.75 Å². The Kier molecular flexibility index (Phi) is 5.77. The smallest absolute Gasteiger partial charge is 0.277 e. The molecular formula is C23H21ClN4O3. The summed E-state index contributed by atoms with van der Waals surface area (Å²) in [5.41, 5.74) is 3.12. The number of nitrogens with zero attached hydrogens (tertiary/aromatic N) is 3. The summed E-state index contributed by atoms with van der Waals surface area (Å²) < 4.78 is 8.33. The highest BCUT2D eigenvalue weighted by Crippen LogP contribution is 2.22. The number of hydrogen-bond donors (Lipinski definition) is 1. The Morgan fingerprint density at radius 2 is 1.90 bits per heavy atom. The van der Waals surface area contributed by atoms with Crippen LogP contribution in [0, 0.1) is 6.92 Å². The van der Waals surface area contributed by atoms with Gasteiger partial charge in [0.15, 0.2) is 0 Å². The van der Waals surface area contributed by atoms with Crippen molar-refractivity contribution in [3.05, 3.63) is 81.9 Å². The van der Waals surface area contributed by atoms with Crippen LogP contribution < -0.4 is 15.6 Å². The van der Waals surface area contributed by atoms with Gasteiger partial charge in [0.05, 0.1) is 12.3 Å². The lowest BCUT2D eigenvalue weighted by Gasteiger charge is -2.08. The lowest BCUT2D eigenvalue weighted by Crippen LogP contribution is -2.28. The molecule has 0 radical (unpaired) electrons. The molecule has 0 spiro atoms. The Hall–Kier alpha value is -3.58. The molecule has 8 heteroatoms. The number of anilines is 1. The molecule has 0 aliphatic heterocycles. The third kappa shape index (κ3) is 4.46. The molecule has 0 aliphatic rings. The molecule has 0 saturated carbocycles. The highest BCUT2D eigenvalue weighted by Gasteiger charge is 2.12. The van der Waals surface area contributed by atoms with Crippen molar-refractivity contribution in [1.29, 1.82) is 0 Å². The minimum absolute atomic E-state index is 0.121. The fourth-order valence-electron chi connectivity index (χ4n) is 3.21. The third-order valence-electron chi connectivity index (χ3n) is 4.83. The fraction of sp³-hybridized carbons (Fsp3) is 0.174. The number of aromatic nitrogens is 3. The molecule has 31 heavy (non-hydrogen) atoms. The molecule has 4 aromatic rings. The predicted octanol–water partition coefficient (Wildman–Crippen LogP) is 4.16. The van der Waals surface area contributed by atoms with Gasteiger partial charge in [0.2, 0.25) is 5.91 Å². The van der Waals surface area contributed by atoms with E-state index in [1.165, 1.54) is 9.08 Å². The summed E-state index contributed by atoms with van der Waals surface area (Å²) in [6, 6.07) is 14.5. The molecule has 0 atom stereocenters. The number of hydrogen-bond acceptors (Lipinski definition) is 4. The fourth-order valence-corrected chi connectivity index (χ4v) is 3.39. The molecule has 1 amide bonds. The van der Waals surface area contributed by atoms with E-state index in [-0.39, 0.29) is 18.0 Å². The quantitative estimate of drug-likeness (QED) is 0.492. The van der Waals surface area contributed by atoms with Gasteiger partial charge in [0, 0.05) is 28.7 Å². The molecule has 0 unspecified atom stereocenters. The number of fused-ring (bicyclic) bond motifs is 1. The molecule has 2 aromatic heterocycles. The number of halogens is 1. The predicted molar refractivity (Wildman–Crippen MR) is 121 cm³/mol. The molecule has 0 fully saturated rings. The van der Waals surface area contributed by atoms with Gasteiger partial charge in [0.1, 0.15) is 17.8 Å². The molecule has 2 aromatic carbocycles. The summed E-state index contributed by atoms with van der Waals surface area (Å²) in [7, 11) is 0. The minimum Gasteiger partial charge on any atom is -0.494 e. The Morgan fingerprint density at radius 3 is 2.61 bits per heavy atom. The molecule has 2 heterocycles. The number of benzene rings is 2. The SMILES string of the molecule is CCOc1ccc(-c2cc3c(=O)n(CC(=O)Nc4ccc(C)c(Cl)c4)ccn3n2)cc1. The molecule has 1 N–H and O–H groups in total. The second-order valence-corrected chi connectivity index (χ2v) is 7.47. The van der Waals surface area contributed by atoms with Crippen LogP contribution in [-0.2, 0) is 11.3 Å². The average Bonchev–Trinajstić information content (AvgIpc) is 3.19. The normalized spacial score (nSPS) is 10.9. The second-order valence-electron chi connectivity index (χ2n) is 7.06.